The van der Waals surface area contributed by atoms with Gasteiger partial charge in [0.1, 0.15) is 6.54 Å². The Morgan fingerprint density at radius 3 is 2.61 bits per heavy atom. The van der Waals surface area contributed by atoms with Crippen LogP contribution >= 0.6 is 23.4 Å². The number of carbonyl (C=O) groups is 3. The highest BCUT2D eigenvalue weighted by atomic mass is 35.5. The summed E-state index contributed by atoms with van der Waals surface area (Å²) in [5.41, 5.74) is 2.50. The van der Waals surface area contributed by atoms with Gasteiger partial charge < -0.3 is 9.88 Å². The van der Waals surface area contributed by atoms with Crippen LogP contribution in [-0.2, 0) is 16.1 Å². The van der Waals surface area contributed by atoms with Crippen molar-refractivity contribution in [3.8, 4) is 0 Å². The molecule has 3 aromatic rings. The average Bonchev–Trinajstić information content (AvgIpc) is 3.22. The van der Waals surface area contributed by atoms with E-state index in [2.05, 4.69) is 16.8 Å². The van der Waals surface area contributed by atoms with Gasteiger partial charge in [-0.1, -0.05) is 36.7 Å². The SMILES string of the molecule is CCCn1cc(/C=C2\SC(=O)N(CC(=O)Nc3ccc(Cl)cc3)C2=O)c2ccccc21. The van der Waals surface area contributed by atoms with Crippen molar-refractivity contribution in [1.82, 2.24) is 9.47 Å². The largest absolute Gasteiger partial charge is 0.347 e. The predicted molar refractivity (Wildman–Crippen MR) is 125 cm³/mol. The zero-order valence-electron chi connectivity index (χ0n) is 16.8. The number of thioether (sulfide) groups is 1. The number of carbonyl (C=O) groups excluding carboxylic acids is 3. The van der Waals surface area contributed by atoms with Gasteiger partial charge in [-0.2, -0.15) is 0 Å². The van der Waals surface area contributed by atoms with Crippen molar-refractivity contribution in [3.05, 3.63) is 70.2 Å². The number of amides is 3. The minimum Gasteiger partial charge on any atom is -0.347 e. The maximum atomic E-state index is 12.8. The second kappa shape index (κ2) is 8.99. The van der Waals surface area contributed by atoms with Gasteiger partial charge in [-0.25, -0.2) is 0 Å². The third-order valence-electron chi connectivity index (χ3n) is 4.87. The Morgan fingerprint density at radius 1 is 1.13 bits per heavy atom. The molecule has 1 fully saturated rings. The summed E-state index contributed by atoms with van der Waals surface area (Å²) < 4.78 is 2.14. The van der Waals surface area contributed by atoms with Crippen LogP contribution in [0.2, 0.25) is 5.02 Å². The van der Waals surface area contributed by atoms with Gasteiger partial charge in [-0.05, 0) is 54.6 Å². The van der Waals surface area contributed by atoms with Gasteiger partial charge in [-0.3, -0.25) is 19.3 Å². The molecule has 6 nitrogen and oxygen atoms in total. The molecule has 4 rings (SSSR count). The molecule has 1 aromatic heterocycles. The van der Waals surface area contributed by atoms with Crippen LogP contribution in [-0.4, -0.2) is 33.1 Å². The number of nitrogens with zero attached hydrogens (tertiary/aromatic N) is 2. The number of fused-ring (bicyclic) bond motifs is 1. The minimum absolute atomic E-state index is 0.309. The summed E-state index contributed by atoms with van der Waals surface area (Å²) in [7, 11) is 0. The number of nitrogens with one attached hydrogen (secondary N) is 1. The molecule has 3 amide bonds. The molecule has 1 N–H and O–H groups in total. The predicted octanol–water partition coefficient (Wildman–Crippen LogP) is 5.38. The van der Waals surface area contributed by atoms with Crippen LogP contribution in [0.1, 0.15) is 18.9 Å². The summed E-state index contributed by atoms with van der Waals surface area (Å²) in [6, 6.07) is 14.6. The van der Waals surface area contributed by atoms with E-state index in [0.717, 1.165) is 46.1 Å². The Labute approximate surface area is 188 Å². The molecule has 2 heterocycles. The van der Waals surface area contributed by atoms with Crippen LogP contribution in [0.15, 0.2) is 59.6 Å². The Balaban J connectivity index is 1.53. The Bertz CT molecular complexity index is 1200. The minimum atomic E-state index is -0.464. The molecule has 1 aliphatic rings. The first-order chi connectivity index (χ1) is 15.0. The van der Waals surface area contributed by atoms with Crippen molar-refractivity contribution in [1.29, 1.82) is 0 Å². The average molecular weight is 454 g/mol. The highest BCUT2D eigenvalue weighted by Crippen LogP contribution is 2.34. The topological polar surface area (TPSA) is 71.4 Å². The van der Waals surface area contributed by atoms with Gasteiger partial charge in [0.05, 0.1) is 4.91 Å². The van der Waals surface area contributed by atoms with Gasteiger partial charge >= 0.3 is 0 Å². The van der Waals surface area contributed by atoms with E-state index in [-0.39, 0.29) is 6.54 Å². The quantitative estimate of drug-likeness (QED) is 0.508. The van der Waals surface area contributed by atoms with Crippen LogP contribution in [0.5, 0.6) is 0 Å². The number of rotatable bonds is 6. The van der Waals surface area contributed by atoms with Gasteiger partial charge in [0, 0.05) is 39.9 Å². The van der Waals surface area contributed by atoms with Crippen LogP contribution in [0.4, 0.5) is 10.5 Å². The van der Waals surface area contributed by atoms with Crippen LogP contribution in [0, 0.1) is 0 Å². The van der Waals surface area contributed by atoms with Crippen LogP contribution < -0.4 is 5.32 Å². The van der Waals surface area contributed by atoms with Gasteiger partial charge in [-0.15, -0.1) is 0 Å². The standard InChI is InChI=1S/C23H20ClN3O3S/c1-2-11-26-13-15(18-5-3-4-6-19(18)26)12-20-22(29)27(23(30)31-20)14-21(28)25-17-9-7-16(24)8-10-17/h3-10,12-13H,2,11,14H2,1H3,(H,25,28)/b20-12-. The summed E-state index contributed by atoms with van der Waals surface area (Å²) in [5.74, 6) is -0.918. The number of anilines is 1. The number of halogens is 1. The molecule has 0 unspecified atom stereocenters. The smallest absolute Gasteiger partial charge is 0.294 e. The van der Waals surface area contributed by atoms with E-state index >= 15 is 0 Å². The highest BCUT2D eigenvalue weighted by molar-refractivity contribution is 8.18. The van der Waals surface area contributed by atoms with E-state index in [1.807, 2.05) is 30.5 Å². The van der Waals surface area contributed by atoms with E-state index in [1.54, 1.807) is 30.3 Å². The first-order valence-electron chi connectivity index (χ1n) is 9.85. The Morgan fingerprint density at radius 2 is 1.87 bits per heavy atom. The van der Waals surface area contributed by atoms with E-state index in [9.17, 15) is 14.4 Å². The Kier molecular flexibility index (Phi) is 6.15. The number of imide groups is 1. The summed E-state index contributed by atoms with van der Waals surface area (Å²) in [4.78, 5) is 38.9. The molecule has 1 saturated heterocycles. The number of benzene rings is 2. The maximum absolute atomic E-state index is 12.8. The highest BCUT2D eigenvalue weighted by Gasteiger charge is 2.36. The monoisotopic (exact) mass is 453 g/mol. The third kappa shape index (κ3) is 4.52. The first kappa shape index (κ1) is 21.2. The normalized spacial score (nSPS) is 15.3. The molecule has 0 radical (unpaired) electrons. The fourth-order valence-corrected chi connectivity index (χ4v) is 4.43. The molecule has 2 aromatic carbocycles. The van der Waals surface area contributed by atoms with Crippen molar-refractivity contribution in [2.24, 2.45) is 0 Å². The van der Waals surface area contributed by atoms with Crippen LogP contribution in [0.25, 0.3) is 17.0 Å². The molecule has 158 valence electrons. The number of para-hydroxylation sites is 1. The molecule has 0 atom stereocenters. The molecule has 0 aliphatic carbocycles. The number of aryl methyl sites for hydroxylation is 1. The van der Waals surface area contributed by atoms with Crippen molar-refractivity contribution in [2.75, 3.05) is 11.9 Å². The van der Waals surface area contributed by atoms with Gasteiger partial charge in [0.25, 0.3) is 11.1 Å². The van der Waals surface area contributed by atoms with E-state index in [4.69, 9.17) is 11.6 Å². The zero-order chi connectivity index (χ0) is 22.0. The molecule has 8 heteroatoms. The number of hydrogen-bond donors (Lipinski definition) is 1. The zero-order valence-corrected chi connectivity index (χ0v) is 18.4. The van der Waals surface area contributed by atoms with Gasteiger partial charge in [0.15, 0.2) is 0 Å². The fraction of sp³-hybridized carbons (Fsp3) is 0.174. The third-order valence-corrected chi connectivity index (χ3v) is 6.03. The van der Waals surface area contributed by atoms with E-state index in [1.165, 1.54) is 0 Å². The molecule has 31 heavy (non-hydrogen) atoms. The van der Waals surface area contributed by atoms with E-state index < -0.39 is 17.1 Å². The van der Waals surface area contributed by atoms with Crippen molar-refractivity contribution in [2.45, 2.75) is 19.9 Å². The summed E-state index contributed by atoms with van der Waals surface area (Å²) in [6.07, 6.45) is 4.71. The maximum Gasteiger partial charge on any atom is 0.294 e. The summed E-state index contributed by atoms with van der Waals surface area (Å²) in [5, 5.41) is 3.78. The molecule has 1 aliphatic heterocycles. The fourth-order valence-electron chi connectivity index (χ4n) is 3.47. The lowest BCUT2D eigenvalue weighted by molar-refractivity contribution is -0.127. The lowest BCUT2D eigenvalue weighted by atomic mass is 10.1. The molecular formula is C23H20ClN3O3S. The second-order valence-corrected chi connectivity index (χ2v) is 8.55. The Hall–Kier alpha value is -3.03. The van der Waals surface area contributed by atoms with E-state index in [0.29, 0.717) is 15.6 Å². The lowest BCUT2D eigenvalue weighted by Gasteiger charge is -2.12. The molecular weight excluding hydrogens is 434 g/mol. The van der Waals surface area contributed by atoms with Crippen molar-refractivity contribution in [3.63, 3.8) is 0 Å². The molecule has 0 saturated carbocycles. The van der Waals surface area contributed by atoms with Crippen LogP contribution in [0.3, 0.4) is 0 Å². The summed E-state index contributed by atoms with van der Waals surface area (Å²) in [6.45, 7) is 2.62. The number of aromatic nitrogens is 1. The van der Waals surface area contributed by atoms with Crippen molar-refractivity contribution < 1.29 is 14.4 Å². The molecule has 0 bridgehead atoms. The first-order valence-corrected chi connectivity index (χ1v) is 11.0. The van der Waals surface area contributed by atoms with Crippen molar-refractivity contribution >= 4 is 63.1 Å². The number of hydrogen-bond acceptors (Lipinski definition) is 4. The second-order valence-electron chi connectivity index (χ2n) is 7.12. The lowest BCUT2D eigenvalue weighted by Crippen LogP contribution is -2.36. The summed E-state index contributed by atoms with van der Waals surface area (Å²) >= 11 is 6.69. The van der Waals surface area contributed by atoms with Gasteiger partial charge in [0.2, 0.25) is 5.91 Å². The molecule has 0 spiro atoms.